The van der Waals surface area contributed by atoms with Gasteiger partial charge in [0.05, 0.1) is 5.92 Å². The highest BCUT2D eigenvalue weighted by Crippen LogP contribution is 2.55. The molecule has 0 saturated carbocycles. The number of carbonyl (C=O) groups is 2. The molecule has 2 amide bonds. The number of amides is 2. The monoisotopic (exact) mass is 293 g/mol. The number of hydrogen-bond acceptors (Lipinski definition) is 3. The lowest BCUT2D eigenvalue weighted by Crippen LogP contribution is -2.52. The van der Waals surface area contributed by atoms with Crippen LogP contribution in [0.25, 0.3) is 0 Å². The van der Waals surface area contributed by atoms with Crippen LogP contribution in [0.4, 0.5) is 4.39 Å². The van der Waals surface area contributed by atoms with Gasteiger partial charge in [-0.1, -0.05) is 19.1 Å². The number of hydrogen-bond donors (Lipinski definition) is 1. The maximum atomic E-state index is 13.1. The first kappa shape index (κ1) is 13.6. The Morgan fingerprint density at radius 3 is 2.60 bits per heavy atom. The summed E-state index contributed by atoms with van der Waals surface area (Å²) in [5, 5.41) is 2.68. The number of rotatable bonds is 1. The summed E-state index contributed by atoms with van der Waals surface area (Å²) in [6, 6.07) is 6.07. The maximum Gasteiger partial charge on any atom is 0.234 e. The van der Waals surface area contributed by atoms with Crippen LogP contribution in [0.2, 0.25) is 0 Å². The van der Waals surface area contributed by atoms with Crippen LogP contribution in [0, 0.1) is 11.2 Å². The van der Waals surface area contributed by atoms with Crippen LogP contribution in [0.15, 0.2) is 24.3 Å². The van der Waals surface area contributed by atoms with Crippen molar-refractivity contribution in [2.24, 2.45) is 5.41 Å². The summed E-state index contributed by atoms with van der Waals surface area (Å²) < 4.78 is 13.1. The first-order valence-electron chi connectivity index (χ1n) is 6.74. The fraction of sp³-hybridized carbons (Fsp3) is 0.467. The van der Waals surface area contributed by atoms with Crippen molar-refractivity contribution in [2.75, 3.05) is 5.75 Å². The van der Waals surface area contributed by atoms with E-state index in [1.54, 1.807) is 23.9 Å². The minimum absolute atomic E-state index is 0.192. The van der Waals surface area contributed by atoms with Gasteiger partial charge in [0, 0.05) is 17.1 Å². The summed E-state index contributed by atoms with van der Waals surface area (Å²) in [5.74, 6) is -0.168. The lowest BCUT2D eigenvalue weighted by Gasteiger charge is -2.42. The average molecular weight is 293 g/mol. The van der Waals surface area contributed by atoms with Crippen molar-refractivity contribution in [3.63, 3.8) is 0 Å². The average Bonchev–Trinajstić information content (AvgIpc) is 2.72. The third kappa shape index (κ3) is 2.04. The van der Waals surface area contributed by atoms with Crippen molar-refractivity contribution in [1.82, 2.24) is 5.32 Å². The van der Waals surface area contributed by atoms with Gasteiger partial charge in [-0.15, -0.1) is 0 Å². The third-order valence-electron chi connectivity index (χ3n) is 4.54. The molecule has 2 aliphatic rings. The van der Waals surface area contributed by atoms with Crippen molar-refractivity contribution >= 4 is 23.6 Å². The van der Waals surface area contributed by atoms with Crippen molar-refractivity contribution in [1.29, 1.82) is 0 Å². The first-order valence-corrected chi connectivity index (χ1v) is 7.78. The van der Waals surface area contributed by atoms with Crippen molar-refractivity contribution in [3.8, 4) is 0 Å². The van der Waals surface area contributed by atoms with Gasteiger partial charge in [0.1, 0.15) is 5.82 Å². The summed E-state index contributed by atoms with van der Waals surface area (Å²) in [6.45, 7) is 2.08. The number of piperidine rings is 1. The maximum absolute atomic E-state index is 13.1. The molecule has 0 aromatic heterocycles. The number of halogens is 1. The highest BCUT2D eigenvalue weighted by molar-refractivity contribution is 8.00. The molecule has 2 fully saturated rings. The van der Waals surface area contributed by atoms with Gasteiger partial charge in [0.15, 0.2) is 0 Å². The van der Waals surface area contributed by atoms with Gasteiger partial charge in [-0.25, -0.2) is 4.39 Å². The Labute approximate surface area is 121 Å². The van der Waals surface area contributed by atoms with E-state index in [0.29, 0.717) is 6.42 Å². The molecule has 2 aliphatic heterocycles. The van der Waals surface area contributed by atoms with Crippen LogP contribution in [-0.4, -0.2) is 22.8 Å². The van der Waals surface area contributed by atoms with E-state index in [1.165, 1.54) is 12.1 Å². The van der Waals surface area contributed by atoms with E-state index in [-0.39, 0.29) is 34.2 Å². The van der Waals surface area contributed by atoms with Crippen molar-refractivity contribution in [3.05, 3.63) is 35.6 Å². The SMILES string of the molecule is CC1SCCC12CC(=O)NC(=O)C2c1ccc(F)cc1. The van der Waals surface area contributed by atoms with Gasteiger partial charge in [-0.2, -0.15) is 11.8 Å². The van der Waals surface area contributed by atoms with Crippen LogP contribution in [0.3, 0.4) is 0 Å². The largest absolute Gasteiger partial charge is 0.296 e. The second kappa shape index (κ2) is 4.88. The number of carbonyl (C=O) groups excluding carboxylic acids is 2. The second-order valence-electron chi connectivity index (χ2n) is 5.57. The number of nitrogens with one attached hydrogen (secondary N) is 1. The summed E-state index contributed by atoms with van der Waals surface area (Å²) in [4.78, 5) is 24.2. The minimum atomic E-state index is -0.370. The zero-order chi connectivity index (χ0) is 14.3. The Hall–Kier alpha value is -1.36. The summed E-state index contributed by atoms with van der Waals surface area (Å²) in [7, 11) is 0. The zero-order valence-corrected chi connectivity index (χ0v) is 12.0. The molecular weight excluding hydrogens is 277 g/mol. The smallest absolute Gasteiger partial charge is 0.234 e. The summed E-state index contributed by atoms with van der Waals surface area (Å²) in [5.41, 5.74) is 0.466. The minimum Gasteiger partial charge on any atom is -0.296 e. The Morgan fingerprint density at radius 1 is 1.30 bits per heavy atom. The molecule has 3 nitrogen and oxygen atoms in total. The molecule has 3 atom stereocenters. The van der Waals surface area contributed by atoms with Gasteiger partial charge in [0.2, 0.25) is 11.8 Å². The molecule has 1 aromatic rings. The van der Waals surface area contributed by atoms with Crippen LogP contribution in [-0.2, 0) is 9.59 Å². The molecule has 0 bridgehead atoms. The van der Waals surface area contributed by atoms with E-state index in [1.807, 2.05) is 0 Å². The Bertz CT molecular complexity index is 559. The van der Waals surface area contributed by atoms with Crippen molar-refractivity contribution in [2.45, 2.75) is 30.9 Å². The van der Waals surface area contributed by atoms with Crippen LogP contribution in [0.5, 0.6) is 0 Å². The lowest BCUT2D eigenvalue weighted by atomic mass is 9.64. The highest BCUT2D eigenvalue weighted by Gasteiger charge is 2.54. The molecule has 1 spiro atoms. The van der Waals surface area contributed by atoms with E-state index in [2.05, 4.69) is 12.2 Å². The first-order chi connectivity index (χ1) is 9.53. The van der Waals surface area contributed by atoms with Crippen LogP contribution in [0.1, 0.15) is 31.2 Å². The molecule has 0 aliphatic carbocycles. The van der Waals surface area contributed by atoms with Crippen molar-refractivity contribution < 1.29 is 14.0 Å². The standard InChI is InChI=1S/C15H16FNO2S/c1-9-15(6-7-20-9)8-12(18)17-14(19)13(15)10-2-4-11(16)5-3-10/h2-5,9,13H,6-8H2,1H3,(H,17,18,19). The molecule has 3 rings (SSSR count). The Morgan fingerprint density at radius 2 is 2.00 bits per heavy atom. The molecule has 3 unspecified atom stereocenters. The topological polar surface area (TPSA) is 46.2 Å². The number of thioether (sulfide) groups is 1. The molecule has 5 heteroatoms. The third-order valence-corrected chi connectivity index (χ3v) is 5.95. The number of imide groups is 1. The van der Waals surface area contributed by atoms with Gasteiger partial charge in [-0.05, 0) is 29.9 Å². The quantitative estimate of drug-likeness (QED) is 0.809. The Balaban J connectivity index is 2.06. The molecule has 0 radical (unpaired) electrons. The van der Waals surface area contributed by atoms with E-state index in [0.717, 1.165) is 17.7 Å². The normalized spacial score (nSPS) is 33.5. The molecule has 106 valence electrons. The van der Waals surface area contributed by atoms with Gasteiger partial charge < -0.3 is 0 Å². The molecule has 2 heterocycles. The van der Waals surface area contributed by atoms with E-state index in [9.17, 15) is 14.0 Å². The summed E-state index contributed by atoms with van der Waals surface area (Å²) >= 11 is 1.80. The highest BCUT2D eigenvalue weighted by atomic mass is 32.2. The molecule has 1 aromatic carbocycles. The predicted molar refractivity (Wildman–Crippen MR) is 75.9 cm³/mol. The second-order valence-corrected chi connectivity index (χ2v) is 7.02. The van der Waals surface area contributed by atoms with Gasteiger partial charge in [0.25, 0.3) is 0 Å². The van der Waals surface area contributed by atoms with Crippen LogP contribution < -0.4 is 5.32 Å². The predicted octanol–water partition coefficient (Wildman–Crippen LogP) is 2.47. The molecule has 20 heavy (non-hydrogen) atoms. The molecular formula is C15H16FNO2S. The van der Waals surface area contributed by atoms with Gasteiger partial charge in [-0.3, -0.25) is 14.9 Å². The molecule has 1 N–H and O–H groups in total. The van der Waals surface area contributed by atoms with E-state index < -0.39 is 0 Å². The van der Waals surface area contributed by atoms with E-state index >= 15 is 0 Å². The zero-order valence-electron chi connectivity index (χ0n) is 11.2. The van der Waals surface area contributed by atoms with Crippen LogP contribution >= 0.6 is 11.8 Å². The summed E-state index contributed by atoms with van der Waals surface area (Å²) in [6.07, 6.45) is 1.22. The number of benzene rings is 1. The van der Waals surface area contributed by atoms with E-state index in [4.69, 9.17) is 0 Å². The van der Waals surface area contributed by atoms with Gasteiger partial charge >= 0.3 is 0 Å². The fourth-order valence-corrected chi connectivity index (χ4v) is 4.98. The fourth-order valence-electron chi connectivity index (χ4n) is 3.46. The molecule has 2 saturated heterocycles. The Kier molecular flexibility index (Phi) is 3.32. The lowest BCUT2D eigenvalue weighted by molar-refractivity contribution is -0.140.